The second-order valence-electron chi connectivity index (χ2n) is 8.40. The smallest absolute Gasteiger partial charge is 0.257 e. The van der Waals surface area contributed by atoms with Crippen LogP contribution in [0.3, 0.4) is 0 Å². The number of hydrogen-bond donors (Lipinski definition) is 2. The number of carbonyl (C=O) groups is 3. The Kier molecular flexibility index (Phi) is 6.91. The summed E-state index contributed by atoms with van der Waals surface area (Å²) in [5.41, 5.74) is 2.19. The summed E-state index contributed by atoms with van der Waals surface area (Å²) in [7, 11) is 1.60. The number of methoxy groups -OCH3 is 1. The number of rotatable bonds is 7. The molecule has 1 aliphatic rings. The molecule has 1 saturated heterocycles. The summed E-state index contributed by atoms with van der Waals surface area (Å²) in [5.74, 6) is -0.0252. The van der Waals surface area contributed by atoms with Crippen molar-refractivity contribution >= 4 is 45.6 Å². The Morgan fingerprint density at radius 1 is 0.919 bits per heavy atom. The minimum atomic E-state index is -0.374. The minimum Gasteiger partial charge on any atom is -0.497 e. The van der Waals surface area contributed by atoms with E-state index in [-0.39, 0.29) is 23.6 Å². The number of anilines is 3. The highest BCUT2D eigenvalue weighted by Crippen LogP contribution is 2.34. The van der Waals surface area contributed by atoms with E-state index in [9.17, 15) is 14.4 Å². The molecule has 1 unspecified atom stereocenters. The van der Waals surface area contributed by atoms with E-state index in [1.54, 1.807) is 60.5 Å². The highest BCUT2D eigenvalue weighted by molar-refractivity contribution is 7.15. The van der Waals surface area contributed by atoms with Crippen LogP contribution in [-0.4, -0.2) is 41.6 Å². The van der Waals surface area contributed by atoms with Crippen molar-refractivity contribution in [1.29, 1.82) is 0 Å². The van der Waals surface area contributed by atoms with E-state index >= 15 is 0 Å². The number of amides is 3. The second kappa shape index (κ2) is 10.6. The van der Waals surface area contributed by atoms with Gasteiger partial charge in [-0.05, 0) is 54.6 Å². The molecule has 186 valence electrons. The van der Waals surface area contributed by atoms with Crippen LogP contribution < -0.4 is 20.3 Å². The van der Waals surface area contributed by atoms with Crippen LogP contribution in [0, 0.1) is 0 Å². The summed E-state index contributed by atoms with van der Waals surface area (Å²) < 4.78 is 5.18. The van der Waals surface area contributed by atoms with Crippen LogP contribution in [0.15, 0.2) is 78.9 Å². The van der Waals surface area contributed by atoms with E-state index in [0.29, 0.717) is 39.9 Å². The molecule has 5 rings (SSSR count). The quantitative estimate of drug-likeness (QED) is 0.374. The number of nitrogens with zero attached hydrogens (tertiary/aromatic N) is 3. The molecule has 0 aliphatic carbocycles. The molecule has 3 amide bonds. The van der Waals surface area contributed by atoms with Gasteiger partial charge in [0.15, 0.2) is 0 Å². The Bertz CT molecular complexity index is 1440. The Balaban J connectivity index is 1.22. The van der Waals surface area contributed by atoms with Gasteiger partial charge >= 0.3 is 0 Å². The zero-order chi connectivity index (χ0) is 25.8. The van der Waals surface area contributed by atoms with Crippen molar-refractivity contribution in [3.8, 4) is 5.75 Å². The molecule has 9 nitrogen and oxygen atoms in total. The van der Waals surface area contributed by atoms with Crippen LogP contribution in [0.1, 0.15) is 38.1 Å². The van der Waals surface area contributed by atoms with Gasteiger partial charge < -0.3 is 15.0 Å². The first kappa shape index (κ1) is 24.1. The fourth-order valence-electron chi connectivity index (χ4n) is 4.04. The van der Waals surface area contributed by atoms with Crippen molar-refractivity contribution < 1.29 is 19.1 Å². The van der Waals surface area contributed by atoms with E-state index < -0.39 is 0 Å². The average molecular weight is 514 g/mol. The summed E-state index contributed by atoms with van der Waals surface area (Å²) in [5, 5.41) is 14.9. The molecule has 1 fully saturated rings. The summed E-state index contributed by atoms with van der Waals surface area (Å²) in [6.45, 7) is 0.483. The predicted molar refractivity (Wildman–Crippen MR) is 141 cm³/mol. The molecule has 0 spiro atoms. The monoisotopic (exact) mass is 513 g/mol. The molecule has 2 N–H and O–H groups in total. The predicted octanol–water partition coefficient (Wildman–Crippen LogP) is 4.57. The highest BCUT2D eigenvalue weighted by atomic mass is 32.1. The van der Waals surface area contributed by atoms with Gasteiger partial charge in [-0.25, -0.2) is 0 Å². The first-order valence-electron chi connectivity index (χ1n) is 11.6. The van der Waals surface area contributed by atoms with Gasteiger partial charge in [-0.2, -0.15) is 0 Å². The number of hydrogen-bond acceptors (Lipinski definition) is 7. The van der Waals surface area contributed by atoms with Crippen molar-refractivity contribution in [1.82, 2.24) is 10.2 Å². The van der Waals surface area contributed by atoms with Gasteiger partial charge in [-0.15, -0.1) is 10.2 Å². The third-order valence-electron chi connectivity index (χ3n) is 5.94. The molecule has 0 radical (unpaired) electrons. The topological polar surface area (TPSA) is 114 Å². The lowest BCUT2D eigenvalue weighted by Crippen LogP contribution is -2.24. The first-order chi connectivity index (χ1) is 18.0. The maximum Gasteiger partial charge on any atom is 0.257 e. The normalized spacial score (nSPS) is 14.9. The molecule has 2 heterocycles. The van der Waals surface area contributed by atoms with E-state index in [4.69, 9.17) is 4.74 Å². The van der Waals surface area contributed by atoms with Gasteiger partial charge in [-0.3, -0.25) is 19.7 Å². The van der Waals surface area contributed by atoms with Gasteiger partial charge in [0.1, 0.15) is 10.8 Å². The van der Waals surface area contributed by atoms with Gasteiger partial charge in [0.25, 0.3) is 11.8 Å². The largest absolute Gasteiger partial charge is 0.497 e. The summed E-state index contributed by atoms with van der Waals surface area (Å²) >= 11 is 1.25. The van der Waals surface area contributed by atoms with Crippen LogP contribution in [0.25, 0.3) is 0 Å². The third-order valence-corrected chi connectivity index (χ3v) is 6.94. The lowest BCUT2D eigenvalue weighted by Gasteiger charge is -2.16. The van der Waals surface area contributed by atoms with Gasteiger partial charge in [-0.1, -0.05) is 35.6 Å². The van der Waals surface area contributed by atoms with E-state index in [2.05, 4.69) is 20.8 Å². The van der Waals surface area contributed by atoms with Crippen LogP contribution in [0.5, 0.6) is 5.75 Å². The maximum atomic E-state index is 12.8. The van der Waals surface area contributed by atoms with Crippen molar-refractivity contribution in [2.75, 3.05) is 29.2 Å². The van der Waals surface area contributed by atoms with Crippen molar-refractivity contribution in [2.24, 2.45) is 0 Å². The Labute approximate surface area is 217 Å². The molecule has 37 heavy (non-hydrogen) atoms. The molecule has 1 atom stereocenters. The average Bonchev–Trinajstić information content (AvgIpc) is 3.56. The second-order valence-corrected chi connectivity index (χ2v) is 9.41. The number of benzene rings is 3. The first-order valence-corrected chi connectivity index (χ1v) is 12.4. The van der Waals surface area contributed by atoms with Crippen LogP contribution in [-0.2, 0) is 4.79 Å². The molecule has 3 aromatic carbocycles. The number of aromatic nitrogens is 2. The lowest BCUT2D eigenvalue weighted by atomic mass is 10.1. The summed E-state index contributed by atoms with van der Waals surface area (Å²) in [6, 6.07) is 22.8. The Hall–Kier alpha value is -4.57. The summed E-state index contributed by atoms with van der Waals surface area (Å²) in [6.07, 6.45) is 0.317. The standard InChI is InChI=1S/C27H23N5O4S/c1-36-22-12-10-21(11-13-22)32-16-19(15-23(32)33)26-30-31-27(37-26)29-25(35)18-8-5-9-20(14-18)28-24(34)17-6-3-2-4-7-17/h2-14,19H,15-16H2,1H3,(H,28,34)(H,29,31,35). The Morgan fingerprint density at radius 3 is 2.41 bits per heavy atom. The van der Waals surface area contributed by atoms with Gasteiger partial charge in [0.05, 0.1) is 7.11 Å². The molecule has 10 heteroatoms. The molecular formula is C27H23N5O4S. The molecule has 1 aliphatic heterocycles. The minimum absolute atomic E-state index is 0.00492. The van der Waals surface area contributed by atoms with E-state index in [1.807, 2.05) is 30.3 Å². The van der Waals surface area contributed by atoms with Crippen molar-refractivity contribution in [3.05, 3.63) is 95.0 Å². The van der Waals surface area contributed by atoms with Crippen LogP contribution in [0.2, 0.25) is 0 Å². The lowest BCUT2D eigenvalue weighted by molar-refractivity contribution is -0.117. The number of nitrogens with one attached hydrogen (secondary N) is 2. The zero-order valence-electron chi connectivity index (χ0n) is 19.9. The van der Waals surface area contributed by atoms with E-state index in [0.717, 1.165) is 11.4 Å². The number of ether oxygens (including phenoxy) is 1. The SMILES string of the molecule is COc1ccc(N2CC(c3nnc(NC(=O)c4cccc(NC(=O)c5ccccc5)c4)s3)CC2=O)cc1. The molecule has 0 saturated carbocycles. The van der Waals surface area contributed by atoms with Gasteiger partial charge in [0.2, 0.25) is 11.0 Å². The third kappa shape index (κ3) is 5.49. The maximum absolute atomic E-state index is 12.8. The van der Waals surface area contributed by atoms with Crippen molar-refractivity contribution in [2.45, 2.75) is 12.3 Å². The van der Waals surface area contributed by atoms with Crippen LogP contribution in [0.4, 0.5) is 16.5 Å². The molecular weight excluding hydrogens is 490 g/mol. The Morgan fingerprint density at radius 2 is 1.65 bits per heavy atom. The van der Waals surface area contributed by atoms with Crippen molar-refractivity contribution in [3.63, 3.8) is 0 Å². The molecule has 4 aromatic rings. The fourth-order valence-corrected chi connectivity index (χ4v) is 4.86. The molecule has 0 bridgehead atoms. The summed E-state index contributed by atoms with van der Waals surface area (Å²) in [4.78, 5) is 39.6. The van der Waals surface area contributed by atoms with E-state index in [1.165, 1.54) is 11.3 Å². The molecule has 1 aromatic heterocycles. The fraction of sp³-hybridized carbons (Fsp3) is 0.148. The zero-order valence-corrected chi connectivity index (χ0v) is 20.7. The number of carbonyl (C=O) groups excluding carboxylic acids is 3. The van der Waals surface area contributed by atoms with Gasteiger partial charge in [0, 0.05) is 41.4 Å². The highest BCUT2D eigenvalue weighted by Gasteiger charge is 2.34. The van der Waals surface area contributed by atoms with Crippen LogP contribution >= 0.6 is 11.3 Å².